The Morgan fingerprint density at radius 1 is 1.13 bits per heavy atom. The second-order valence-electron chi connectivity index (χ2n) is 11.4. The molecule has 0 radical (unpaired) electrons. The lowest BCUT2D eigenvalue weighted by molar-refractivity contribution is -0.0594. The van der Waals surface area contributed by atoms with Crippen LogP contribution in [-0.2, 0) is 29.2 Å². The first kappa shape index (κ1) is 30.5. The van der Waals surface area contributed by atoms with Crippen molar-refractivity contribution in [3.8, 4) is 11.9 Å². The Labute approximate surface area is 260 Å². The number of carbonyl (C=O) groups is 1. The highest BCUT2D eigenvalue weighted by atomic mass is 19.1. The number of aromatic nitrogens is 3. The van der Waals surface area contributed by atoms with E-state index in [1.165, 1.54) is 6.07 Å². The van der Waals surface area contributed by atoms with Crippen molar-refractivity contribution in [2.24, 2.45) is 0 Å². The van der Waals surface area contributed by atoms with E-state index >= 15 is 0 Å². The highest BCUT2D eigenvalue weighted by Gasteiger charge is 2.29. The van der Waals surface area contributed by atoms with Gasteiger partial charge < -0.3 is 28.8 Å². The predicted octanol–water partition coefficient (Wildman–Crippen LogP) is 4.54. The van der Waals surface area contributed by atoms with Gasteiger partial charge in [0.25, 0.3) is 0 Å². The van der Waals surface area contributed by atoms with Crippen molar-refractivity contribution >= 4 is 22.8 Å². The second kappa shape index (κ2) is 13.2. The van der Waals surface area contributed by atoms with Gasteiger partial charge in [0, 0.05) is 51.5 Å². The van der Waals surface area contributed by atoms with Crippen molar-refractivity contribution in [3.05, 3.63) is 82.4 Å². The van der Waals surface area contributed by atoms with E-state index in [4.69, 9.17) is 29.4 Å². The van der Waals surface area contributed by atoms with Crippen LogP contribution in [0.15, 0.2) is 48.5 Å². The lowest BCUT2D eigenvalue weighted by atomic mass is 10.1. The van der Waals surface area contributed by atoms with E-state index in [-0.39, 0.29) is 29.9 Å². The first-order valence-corrected chi connectivity index (χ1v) is 15.0. The molecule has 0 bridgehead atoms. The number of ether oxygens (including phenoxy) is 3. The van der Waals surface area contributed by atoms with Gasteiger partial charge >= 0.3 is 5.97 Å². The maximum Gasteiger partial charge on any atom is 0.335 e. The molecular formula is C33H35FN6O5. The number of hydrogen-bond acceptors (Lipinski definition) is 9. The van der Waals surface area contributed by atoms with Crippen molar-refractivity contribution in [1.29, 1.82) is 5.26 Å². The molecule has 0 aliphatic carbocycles. The summed E-state index contributed by atoms with van der Waals surface area (Å²) in [4.78, 5) is 25.9. The van der Waals surface area contributed by atoms with E-state index in [2.05, 4.69) is 21.3 Å². The first-order chi connectivity index (χ1) is 21.8. The van der Waals surface area contributed by atoms with Crippen LogP contribution in [0.5, 0.6) is 5.88 Å². The SMILES string of the molecule is COCc1cc(OCc2ccc(C#N)cc2F)nc(N2CCN(C(C)c3nc4ccc(C(=O)O)cc4n3C[C@@H]3CCO3)CC2)c1. The highest BCUT2D eigenvalue weighted by molar-refractivity contribution is 5.92. The number of pyridine rings is 1. The normalized spacial score (nSPS) is 17.6. The Bertz CT molecular complexity index is 1740. The summed E-state index contributed by atoms with van der Waals surface area (Å²) < 4.78 is 33.6. The van der Waals surface area contributed by atoms with Crippen molar-refractivity contribution in [1.82, 2.24) is 19.4 Å². The fraction of sp³-hybridized carbons (Fsp3) is 0.394. The minimum atomic E-state index is -0.964. The number of anilines is 1. The third kappa shape index (κ3) is 6.61. The number of rotatable bonds is 11. The van der Waals surface area contributed by atoms with Crippen LogP contribution in [0.4, 0.5) is 10.2 Å². The number of imidazole rings is 1. The van der Waals surface area contributed by atoms with Crippen LogP contribution in [0, 0.1) is 17.1 Å². The molecule has 2 atom stereocenters. The summed E-state index contributed by atoms with van der Waals surface area (Å²) in [7, 11) is 1.62. The molecule has 2 saturated heterocycles. The average Bonchev–Trinajstić information content (AvgIpc) is 3.39. The predicted molar refractivity (Wildman–Crippen MR) is 164 cm³/mol. The minimum absolute atomic E-state index is 0.0121. The van der Waals surface area contributed by atoms with Gasteiger partial charge in [-0.15, -0.1) is 0 Å². The van der Waals surface area contributed by atoms with Crippen LogP contribution >= 0.6 is 0 Å². The maximum atomic E-state index is 14.4. The van der Waals surface area contributed by atoms with Crippen LogP contribution in [0.2, 0.25) is 0 Å². The molecule has 2 aliphatic heterocycles. The van der Waals surface area contributed by atoms with Gasteiger partial charge in [-0.3, -0.25) is 4.90 Å². The molecule has 1 unspecified atom stereocenters. The third-order valence-corrected chi connectivity index (χ3v) is 8.48. The zero-order chi connectivity index (χ0) is 31.5. The molecule has 1 N–H and O–H groups in total. The number of benzene rings is 2. The molecule has 2 aromatic carbocycles. The molecular weight excluding hydrogens is 579 g/mol. The Hall–Kier alpha value is -4.57. The summed E-state index contributed by atoms with van der Waals surface area (Å²) in [5, 5.41) is 18.6. The molecule has 0 saturated carbocycles. The largest absolute Gasteiger partial charge is 0.478 e. The fourth-order valence-corrected chi connectivity index (χ4v) is 5.83. The number of halogens is 1. The van der Waals surface area contributed by atoms with Gasteiger partial charge in [-0.2, -0.15) is 10.2 Å². The first-order valence-electron chi connectivity index (χ1n) is 15.0. The van der Waals surface area contributed by atoms with Gasteiger partial charge in [0.2, 0.25) is 5.88 Å². The Balaban J connectivity index is 1.17. The van der Waals surface area contributed by atoms with Gasteiger partial charge in [-0.25, -0.2) is 14.2 Å². The quantitative estimate of drug-likeness (QED) is 0.257. The molecule has 2 fully saturated rings. The average molecular weight is 615 g/mol. The zero-order valence-electron chi connectivity index (χ0n) is 25.3. The summed E-state index contributed by atoms with van der Waals surface area (Å²) in [6, 6.07) is 15.1. The molecule has 2 aromatic heterocycles. The number of hydrogen-bond donors (Lipinski definition) is 1. The summed E-state index contributed by atoms with van der Waals surface area (Å²) >= 11 is 0. The maximum absolute atomic E-state index is 14.4. The van der Waals surface area contributed by atoms with Crippen LogP contribution in [0.25, 0.3) is 11.0 Å². The van der Waals surface area contributed by atoms with Gasteiger partial charge in [-0.1, -0.05) is 6.07 Å². The number of nitrogens with zero attached hydrogens (tertiary/aromatic N) is 6. The molecule has 2 aliphatic rings. The van der Waals surface area contributed by atoms with Gasteiger partial charge in [-0.05, 0) is 55.3 Å². The number of aromatic carboxylic acids is 1. The van der Waals surface area contributed by atoms with Gasteiger partial charge in [0.15, 0.2) is 0 Å². The monoisotopic (exact) mass is 614 g/mol. The summed E-state index contributed by atoms with van der Waals surface area (Å²) in [5.41, 5.74) is 3.29. The van der Waals surface area contributed by atoms with Gasteiger partial charge in [0.05, 0.1) is 53.5 Å². The smallest absolute Gasteiger partial charge is 0.335 e. The number of fused-ring (bicyclic) bond motifs is 1. The topological polar surface area (TPSA) is 126 Å². The highest BCUT2D eigenvalue weighted by Crippen LogP contribution is 2.30. The Kier molecular flexibility index (Phi) is 8.93. The second-order valence-corrected chi connectivity index (χ2v) is 11.4. The molecule has 6 rings (SSSR count). The molecule has 4 heterocycles. The van der Waals surface area contributed by atoms with Crippen molar-refractivity contribution in [2.45, 2.75) is 45.2 Å². The van der Waals surface area contributed by atoms with Crippen LogP contribution in [0.1, 0.15) is 52.3 Å². The van der Waals surface area contributed by atoms with E-state index in [0.717, 1.165) is 54.4 Å². The minimum Gasteiger partial charge on any atom is -0.478 e. The lowest BCUT2D eigenvalue weighted by Crippen LogP contribution is -2.48. The van der Waals surface area contributed by atoms with E-state index in [9.17, 15) is 14.3 Å². The third-order valence-electron chi connectivity index (χ3n) is 8.48. The number of methoxy groups -OCH3 is 1. The zero-order valence-corrected chi connectivity index (χ0v) is 25.3. The van der Waals surface area contributed by atoms with E-state index in [1.807, 2.05) is 12.1 Å². The molecule has 45 heavy (non-hydrogen) atoms. The van der Waals surface area contributed by atoms with E-state index < -0.39 is 11.8 Å². The molecule has 11 nitrogen and oxygen atoms in total. The van der Waals surface area contributed by atoms with E-state index in [1.54, 1.807) is 43.5 Å². The summed E-state index contributed by atoms with van der Waals surface area (Å²) in [6.07, 6.45) is 1.06. The van der Waals surface area contributed by atoms with Crippen LogP contribution in [-0.4, -0.2) is 76.5 Å². The van der Waals surface area contributed by atoms with Crippen LogP contribution in [0.3, 0.4) is 0 Å². The number of carboxylic acids is 1. The summed E-state index contributed by atoms with van der Waals surface area (Å²) in [5.74, 6) is 0.550. The molecule has 234 valence electrons. The molecule has 4 aromatic rings. The molecule has 0 spiro atoms. The molecule has 0 amide bonds. The Morgan fingerprint density at radius 3 is 2.60 bits per heavy atom. The fourth-order valence-electron chi connectivity index (χ4n) is 5.83. The number of nitriles is 1. The molecule has 12 heteroatoms. The standard InChI is InChI=1S/C33H35FN6O5/c1-21(32-36-28-6-5-24(33(41)42)16-29(28)40(32)18-26-7-12-44-26)38-8-10-39(11-9-38)30-14-23(19-43-2)15-31(37-30)45-20-25-4-3-22(17-35)13-27(25)34/h3-6,13-16,21,26H,7-12,18-20H2,1-2H3,(H,41,42)/t21?,26-/m0/s1. The van der Waals surface area contributed by atoms with Gasteiger partial charge in [0.1, 0.15) is 24.1 Å². The Morgan fingerprint density at radius 2 is 1.93 bits per heavy atom. The lowest BCUT2D eigenvalue weighted by Gasteiger charge is -2.39. The van der Waals surface area contributed by atoms with Crippen LogP contribution < -0.4 is 9.64 Å². The van der Waals surface area contributed by atoms with Crippen molar-refractivity contribution in [3.63, 3.8) is 0 Å². The number of carboxylic acid groups (broad SMARTS) is 1. The van der Waals surface area contributed by atoms with Crippen molar-refractivity contribution in [2.75, 3.05) is 44.8 Å². The van der Waals surface area contributed by atoms with Crippen molar-refractivity contribution < 1.29 is 28.5 Å². The number of piperazine rings is 1. The van der Waals surface area contributed by atoms with E-state index in [0.29, 0.717) is 37.7 Å². The summed E-state index contributed by atoms with van der Waals surface area (Å²) in [6.45, 7) is 6.80.